The fraction of sp³-hybridized carbons (Fsp3) is 0.107. The highest BCUT2D eigenvalue weighted by atomic mass is 16.5. The molecule has 1 atom stereocenters. The average Bonchev–Trinajstić information content (AvgIpc) is 3.13. The Kier molecular flexibility index (Phi) is 5.55. The summed E-state index contributed by atoms with van der Waals surface area (Å²) >= 11 is 0. The minimum Gasteiger partial charge on any atom is -0.507 e. The Labute approximate surface area is 196 Å². The number of aliphatic hydroxyl groups excluding tert-OH is 1. The number of carbonyl (C=O) groups is 2. The van der Waals surface area contributed by atoms with Gasteiger partial charge in [0.2, 0.25) is 0 Å². The van der Waals surface area contributed by atoms with E-state index in [1.54, 1.807) is 37.7 Å². The van der Waals surface area contributed by atoms with Gasteiger partial charge in [-0.3, -0.25) is 14.6 Å². The molecule has 0 saturated carbocycles. The van der Waals surface area contributed by atoms with Crippen LogP contribution >= 0.6 is 0 Å². The number of benzene rings is 3. The van der Waals surface area contributed by atoms with Crippen LogP contribution in [0.5, 0.6) is 5.75 Å². The molecule has 1 saturated heterocycles. The SMILES string of the molecule is COc1cccc(CN2C(=O)C(=O)/C(=C(\O)c3ccc4ccccc4c3)C2c2ccncc2)c1. The molecule has 3 aromatic carbocycles. The number of fused-ring (bicyclic) bond motifs is 1. The van der Waals surface area contributed by atoms with Crippen molar-refractivity contribution in [3.05, 3.63) is 114 Å². The maximum Gasteiger partial charge on any atom is 0.295 e. The second-order valence-corrected chi connectivity index (χ2v) is 8.12. The molecule has 1 aliphatic heterocycles. The van der Waals surface area contributed by atoms with Crippen molar-refractivity contribution < 1.29 is 19.4 Å². The normalized spacial score (nSPS) is 17.3. The van der Waals surface area contributed by atoms with Crippen LogP contribution in [0.4, 0.5) is 0 Å². The van der Waals surface area contributed by atoms with Gasteiger partial charge in [0.05, 0.1) is 18.7 Å². The summed E-state index contributed by atoms with van der Waals surface area (Å²) in [5.41, 5.74) is 2.05. The Balaban J connectivity index is 1.64. The van der Waals surface area contributed by atoms with Crippen LogP contribution in [0.15, 0.2) is 96.8 Å². The largest absolute Gasteiger partial charge is 0.507 e. The van der Waals surface area contributed by atoms with Crippen molar-refractivity contribution >= 4 is 28.2 Å². The Morgan fingerprint density at radius 3 is 2.47 bits per heavy atom. The summed E-state index contributed by atoms with van der Waals surface area (Å²) in [5, 5.41) is 13.3. The zero-order chi connectivity index (χ0) is 23.7. The van der Waals surface area contributed by atoms with E-state index in [0.29, 0.717) is 16.9 Å². The molecule has 0 bridgehead atoms. The van der Waals surface area contributed by atoms with Crippen molar-refractivity contribution in [2.45, 2.75) is 12.6 Å². The van der Waals surface area contributed by atoms with E-state index in [4.69, 9.17) is 4.74 Å². The van der Waals surface area contributed by atoms with Gasteiger partial charge in [0.15, 0.2) is 0 Å². The first-order valence-corrected chi connectivity index (χ1v) is 10.9. The lowest BCUT2D eigenvalue weighted by atomic mass is 9.95. The topological polar surface area (TPSA) is 79.7 Å². The van der Waals surface area contributed by atoms with Crippen molar-refractivity contribution in [1.82, 2.24) is 9.88 Å². The van der Waals surface area contributed by atoms with E-state index in [1.165, 1.54) is 4.90 Å². The summed E-state index contributed by atoms with van der Waals surface area (Å²) in [6.45, 7) is 0.184. The molecule has 1 fully saturated rings. The van der Waals surface area contributed by atoms with Crippen LogP contribution in [-0.4, -0.2) is 33.8 Å². The van der Waals surface area contributed by atoms with Gasteiger partial charge < -0.3 is 14.7 Å². The second kappa shape index (κ2) is 8.83. The lowest BCUT2D eigenvalue weighted by Gasteiger charge is -2.25. The fourth-order valence-corrected chi connectivity index (χ4v) is 4.40. The number of rotatable bonds is 5. The van der Waals surface area contributed by atoms with Gasteiger partial charge in [-0.25, -0.2) is 0 Å². The van der Waals surface area contributed by atoms with Gasteiger partial charge in [-0.15, -0.1) is 0 Å². The van der Waals surface area contributed by atoms with Crippen LogP contribution in [0.2, 0.25) is 0 Å². The number of carbonyl (C=O) groups excluding carboxylic acids is 2. The van der Waals surface area contributed by atoms with E-state index >= 15 is 0 Å². The molecule has 0 spiro atoms. The first-order valence-electron chi connectivity index (χ1n) is 10.9. The number of ether oxygens (including phenoxy) is 1. The van der Waals surface area contributed by atoms with Gasteiger partial charge in [-0.2, -0.15) is 0 Å². The number of ketones is 1. The molecular weight excluding hydrogens is 428 g/mol. The minimum atomic E-state index is -0.749. The Bertz CT molecular complexity index is 1430. The van der Waals surface area contributed by atoms with Crippen molar-refractivity contribution in [2.75, 3.05) is 7.11 Å². The van der Waals surface area contributed by atoms with Gasteiger partial charge in [0, 0.05) is 24.5 Å². The molecule has 6 nitrogen and oxygen atoms in total. The molecule has 1 unspecified atom stereocenters. The van der Waals surface area contributed by atoms with E-state index < -0.39 is 17.7 Å². The predicted octanol–water partition coefficient (Wildman–Crippen LogP) is 4.87. The van der Waals surface area contributed by atoms with Crippen molar-refractivity contribution in [3.8, 4) is 5.75 Å². The summed E-state index contributed by atoms with van der Waals surface area (Å²) in [6.07, 6.45) is 3.22. The highest BCUT2D eigenvalue weighted by molar-refractivity contribution is 6.46. The number of hydrogen-bond donors (Lipinski definition) is 1. The standard InChI is InChI=1S/C28H22N2O4/c1-34-23-8-4-5-18(15-23)17-30-25(20-11-13-29-14-12-20)24(27(32)28(30)33)26(31)22-10-9-19-6-2-3-7-21(19)16-22/h2-16,25,31H,17H2,1H3/b26-24-. The summed E-state index contributed by atoms with van der Waals surface area (Å²) in [4.78, 5) is 32.0. The van der Waals surface area contributed by atoms with Crippen molar-refractivity contribution in [2.24, 2.45) is 0 Å². The predicted molar refractivity (Wildman–Crippen MR) is 129 cm³/mol. The maximum absolute atomic E-state index is 13.2. The summed E-state index contributed by atoms with van der Waals surface area (Å²) in [7, 11) is 1.58. The molecule has 168 valence electrons. The van der Waals surface area contributed by atoms with E-state index in [0.717, 1.165) is 16.3 Å². The molecule has 2 heterocycles. The first kappa shape index (κ1) is 21.4. The third-order valence-corrected chi connectivity index (χ3v) is 6.07. The van der Waals surface area contributed by atoms with Crippen LogP contribution in [0, 0.1) is 0 Å². The Morgan fingerprint density at radius 2 is 1.71 bits per heavy atom. The van der Waals surface area contributed by atoms with Gasteiger partial charge >= 0.3 is 0 Å². The number of likely N-dealkylation sites (tertiary alicyclic amines) is 1. The van der Waals surface area contributed by atoms with Crippen LogP contribution in [0.3, 0.4) is 0 Å². The molecular formula is C28H22N2O4. The minimum absolute atomic E-state index is 0.0642. The second-order valence-electron chi connectivity index (χ2n) is 8.12. The number of methoxy groups -OCH3 is 1. The van der Waals surface area contributed by atoms with Crippen LogP contribution in [0.1, 0.15) is 22.7 Å². The first-order chi connectivity index (χ1) is 16.6. The van der Waals surface area contributed by atoms with E-state index in [1.807, 2.05) is 60.7 Å². The number of aromatic nitrogens is 1. The lowest BCUT2D eigenvalue weighted by molar-refractivity contribution is -0.140. The van der Waals surface area contributed by atoms with Crippen molar-refractivity contribution in [1.29, 1.82) is 0 Å². The molecule has 1 aliphatic rings. The highest BCUT2D eigenvalue weighted by Crippen LogP contribution is 2.40. The van der Waals surface area contributed by atoms with Crippen LogP contribution < -0.4 is 4.74 Å². The molecule has 0 radical (unpaired) electrons. The Morgan fingerprint density at radius 1 is 0.941 bits per heavy atom. The lowest BCUT2D eigenvalue weighted by Crippen LogP contribution is -2.29. The zero-order valence-corrected chi connectivity index (χ0v) is 18.5. The highest BCUT2D eigenvalue weighted by Gasteiger charge is 2.46. The third-order valence-electron chi connectivity index (χ3n) is 6.07. The zero-order valence-electron chi connectivity index (χ0n) is 18.5. The number of hydrogen-bond acceptors (Lipinski definition) is 5. The van der Waals surface area contributed by atoms with Crippen LogP contribution in [-0.2, 0) is 16.1 Å². The molecule has 1 aromatic heterocycles. The summed E-state index contributed by atoms with van der Waals surface area (Å²) in [5.74, 6) is -0.910. The number of nitrogens with zero attached hydrogens (tertiary/aromatic N) is 2. The molecule has 4 aromatic rings. The summed E-state index contributed by atoms with van der Waals surface area (Å²) in [6, 6.07) is 23.3. The average molecular weight is 450 g/mol. The third kappa shape index (κ3) is 3.79. The number of Topliss-reactive ketones (excluding diaryl/α,β-unsaturated/α-hetero) is 1. The maximum atomic E-state index is 13.2. The van der Waals surface area contributed by atoms with Crippen molar-refractivity contribution in [3.63, 3.8) is 0 Å². The van der Waals surface area contributed by atoms with E-state index in [9.17, 15) is 14.7 Å². The van der Waals surface area contributed by atoms with Gasteiger partial charge in [-0.1, -0.05) is 48.5 Å². The monoisotopic (exact) mass is 450 g/mol. The fourth-order valence-electron chi connectivity index (χ4n) is 4.40. The van der Waals surface area contributed by atoms with Gasteiger partial charge in [-0.05, 0) is 52.2 Å². The molecule has 34 heavy (non-hydrogen) atoms. The Hall–Kier alpha value is -4.45. The van der Waals surface area contributed by atoms with E-state index in [2.05, 4.69) is 4.98 Å². The molecule has 1 N–H and O–H groups in total. The number of amides is 1. The van der Waals surface area contributed by atoms with Crippen LogP contribution in [0.25, 0.3) is 16.5 Å². The van der Waals surface area contributed by atoms with E-state index in [-0.39, 0.29) is 17.9 Å². The smallest absolute Gasteiger partial charge is 0.295 e. The number of pyridine rings is 1. The number of aliphatic hydroxyl groups is 1. The molecule has 1 amide bonds. The quantitative estimate of drug-likeness (QED) is 0.267. The van der Waals surface area contributed by atoms with Gasteiger partial charge in [0.25, 0.3) is 11.7 Å². The molecule has 5 rings (SSSR count). The molecule has 6 heteroatoms. The van der Waals surface area contributed by atoms with Gasteiger partial charge in [0.1, 0.15) is 11.5 Å². The molecule has 0 aliphatic carbocycles. The summed E-state index contributed by atoms with van der Waals surface area (Å²) < 4.78 is 5.30.